The summed E-state index contributed by atoms with van der Waals surface area (Å²) in [6.45, 7) is 13.1. The summed E-state index contributed by atoms with van der Waals surface area (Å²) < 4.78 is 0. The Labute approximate surface area is 223 Å². The number of nitrogens with one attached hydrogen (secondary N) is 1. The van der Waals surface area contributed by atoms with Gasteiger partial charge in [0.15, 0.2) is 5.69 Å². The molecule has 6 nitrogen and oxygen atoms in total. The Morgan fingerprint density at radius 3 is 1.58 bits per heavy atom. The van der Waals surface area contributed by atoms with Crippen molar-refractivity contribution < 1.29 is 20.0 Å². The molecule has 1 aliphatic heterocycles. The van der Waals surface area contributed by atoms with Crippen LogP contribution in [-0.4, -0.2) is 17.0 Å². The number of rotatable bonds is 2. The monoisotopic (exact) mass is 510 g/mol. The molecule has 3 aromatic carbocycles. The van der Waals surface area contributed by atoms with Crippen molar-refractivity contribution in [3.63, 3.8) is 0 Å². The number of benzene rings is 3. The fourth-order valence-corrected chi connectivity index (χ4v) is 6.80. The van der Waals surface area contributed by atoms with Crippen molar-refractivity contribution in [1.29, 1.82) is 0 Å². The van der Waals surface area contributed by atoms with Crippen molar-refractivity contribution in [2.45, 2.75) is 64.2 Å². The molecule has 0 aromatic heterocycles. The molecule has 2 bridgehead atoms. The van der Waals surface area contributed by atoms with Crippen molar-refractivity contribution in [2.24, 2.45) is 11.8 Å². The van der Waals surface area contributed by atoms with Crippen LogP contribution in [-0.2, 0) is 20.4 Å². The van der Waals surface area contributed by atoms with Crippen LogP contribution in [0.15, 0.2) is 60.7 Å². The highest BCUT2D eigenvalue weighted by molar-refractivity contribution is 6.24. The summed E-state index contributed by atoms with van der Waals surface area (Å²) in [6, 6.07) is 19.4. The molecule has 6 heteroatoms. The van der Waals surface area contributed by atoms with Gasteiger partial charge in [0.2, 0.25) is 11.8 Å². The molecule has 1 heterocycles. The van der Waals surface area contributed by atoms with E-state index < -0.39 is 17.1 Å². The predicted molar refractivity (Wildman–Crippen MR) is 146 cm³/mol. The smallest absolute Gasteiger partial charge is 0.238 e. The molecule has 2 N–H and O–H groups in total. The van der Waals surface area contributed by atoms with E-state index in [-0.39, 0.29) is 45.9 Å². The fourth-order valence-electron chi connectivity index (χ4n) is 6.80. The molecule has 196 valence electrons. The number of para-hydroxylation sites is 2. The summed E-state index contributed by atoms with van der Waals surface area (Å²) in [4.78, 5) is 29.5. The van der Waals surface area contributed by atoms with Gasteiger partial charge in [0.1, 0.15) is 5.69 Å². The molecular weight excluding hydrogens is 476 g/mol. The van der Waals surface area contributed by atoms with Gasteiger partial charge in [-0.05, 0) is 50.3 Å². The van der Waals surface area contributed by atoms with E-state index >= 15 is 0 Å². The summed E-state index contributed by atoms with van der Waals surface area (Å²) in [7, 11) is 0. The number of imide groups is 1. The molecule has 3 aromatic rings. The second-order valence-corrected chi connectivity index (χ2v) is 13.0. The Bertz CT molecular complexity index is 1410. The van der Waals surface area contributed by atoms with Gasteiger partial charge < -0.3 is 5.21 Å². The van der Waals surface area contributed by atoms with Gasteiger partial charge in [-0.2, -0.15) is 5.23 Å². The maximum atomic E-state index is 14.2. The Hall–Kier alpha value is -3.32. The molecule has 5 atom stereocenters. The highest BCUT2D eigenvalue weighted by Crippen LogP contribution is 2.62. The molecular formula is C32H34N2O4. The largest absolute Gasteiger partial charge is 0.595 e. The molecule has 2 amide bonds. The summed E-state index contributed by atoms with van der Waals surface area (Å²) in [5.41, 5.74) is 6.83. The van der Waals surface area contributed by atoms with Crippen LogP contribution in [0.4, 0.5) is 11.4 Å². The molecule has 7 rings (SSSR count). The van der Waals surface area contributed by atoms with Crippen molar-refractivity contribution in [1.82, 2.24) is 0 Å². The van der Waals surface area contributed by atoms with E-state index in [9.17, 15) is 20.0 Å². The van der Waals surface area contributed by atoms with Crippen LogP contribution in [0.25, 0.3) is 0 Å². The van der Waals surface area contributed by atoms with Crippen LogP contribution in [0.3, 0.4) is 0 Å². The number of carbonyl (C=O) groups is 2. The van der Waals surface area contributed by atoms with Gasteiger partial charge in [-0.25, -0.2) is 10.1 Å². The van der Waals surface area contributed by atoms with Gasteiger partial charge in [0.05, 0.1) is 11.8 Å². The number of hydrogen-bond donors (Lipinski definition) is 2. The molecule has 1 fully saturated rings. The minimum Gasteiger partial charge on any atom is -0.595 e. The van der Waals surface area contributed by atoms with Crippen LogP contribution in [0.2, 0.25) is 0 Å². The van der Waals surface area contributed by atoms with Gasteiger partial charge in [-0.3, -0.25) is 9.59 Å². The van der Waals surface area contributed by atoms with E-state index in [0.29, 0.717) is 0 Å². The standard InChI is InChI=1S/C32H34N2O4/c1-31(2,3)17-11-13-19-21(15-17)25-20-14-12-18(32(4,5)6)16-22(20)26(19)28-27(25)29(35)33(30(28)36)23-9-7-8-10-24(23)34(37)38/h7-16,25-28,34,37H,1-6H3/t25-,26+,27-,28+. The number of hydrogen-bond acceptors (Lipinski definition) is 4. The van der Waals surface area contributed by atoms with Crippen molar-refractivity contribution in [2.75, 3.05) is 4.90 Å². The predicted octanol–water partition coefficient (Wildman–Crippen LogP) is 5.08. The van der Waals surface area contributed by atoms with Gasteiger partial charge >= 0.3 is 0 Å². The number of nitrogens with zero attached hydrogens (tertiary/aromatic N) is 1. The average Bonchev–Trinajstić information content (AvgIpc) is 3.12. The molecule has 0 radical (unpaired) electrons. The molecule has 38 heavy (non-hydrogen) atoms. The normalized spacial score (nSPS) is 24.8. The first-order valence-corrected chi connectivity index (χ1v) is 13.3. The van der Waals surface area contributed by atoms with Crippen LogP contribution < -0.4 is 10.1 Å². The lowest BCUT2D eigenvalue weighted by Crippen LogP contribution is -2.99. The van der Waals surface area contributed by atoms with Crippen LogP contribution in [0.5, 0.6) is 0 Å². The Morgan fingerprint density at radius 2 is 1.16 bits per heavy atom. The molecule has 4 aliphatic rings. The lowest BCUT2D eigenvalue weighted by Gasteiger charge is -2.47. The summed E-state index contributed by atoms with van der Waals surface area (Å²) in [5.74, 6) is -2.26. The Morgan fingerprint density at radius 1 is 0.711 bits per heavy atom. The quantitative estimate of drug-likeness (QED) is 0.372. The fraction of sp³-hybridized carbons (Fsp3) is 0.375. The van der Waals surface area contributed by atoms with Crippen molar-refractivity contribution in [3.8, 4) is 0 Å². The van der Waals surface area contributed by atoms with Gasteiger partial charge in [0, 0.05) is 17.9 Å². The van der Waals surface area contributed by atoms with Gasteiger partial charge in [-0.15, -0.1) is 0 Å². The lowest BCUT2D eigenvalue weighted by atomic mass is 9.54. The second-order valence-electron chi connectivity index (χ2n) is 13.0. The first kappa shape index (κ1) is 25.0. The van der Waals surface area contributed by atoms with Gasteiger partial charge in [0.25, 0.3) is 0 Å². The topological polar surface area (TPSA) is 85.1 Å². The maximum Gasteiger partial charge on any atom is 0.238 e. The highest BCUT2D eigenvalue weighted by Gasteiger charge is 2.62. The van der Waals surface area contributed by atoms with Crippen LogP contribution >= 0.6 is 0 Å². The minimum atomic E-state index is -1.16. The van der Waals surface area contributed by atoms with Crippen LogP contribution in [0.1, 0.15) is 86.8 Å². The van der Waals surface area contributed by atoms with E-state index in [1.54, 1.807) is 18.2 Å². The third-order valence-electron chi connectivity index (χ3n) is 8.74. The third kappa shape index (κ3) is 3.44. The van der Waals surface area contributed by atoms with Gasteiger partial charge in [-0.1, -0.05) is 90.1 Å². The van der Waals surface area contributed by atoms with E-state index in [4.69, 9.17) is 0 Å². The summed E-state index contributed by atoms with van der Waals surface area (Å²) >= 11 is 0. The summed E-state index contributed by atoms with van der Waals surface area (Å²) in [5, 5.41) is 20.7. The minimum absolute atomic E-state index is 0.0414. The van der Waals surface area contributed by atoms with Crippen molar-refractivity contribution in [3.05, 3.63) is 99.3 Å². The maximum absolute atomic E-state index is 14.2. The Balaban J connectivity index is 1.58. The molecule has 0 spiro atoms. The Kier molecular flexibility index (Phi) is 5.32. The molecule has 1 unspecified atom stereocenters. The number of quaternary nitrogens is 1. The number of anilines is 1. The molecule has 0 saturated carbocycles. The average molecular weight is 511 g/mol. The lowest BCUT2D eigenvalue weighted by molar-refractivity contribution is -0.990. The SMILES string of the molecule is CC(C)(C)c1ccc2c(c1)[C@H]1c3ccc(C(C)(C)C)cc3[C@H]2[C@@H]2C(=O)N(c3ccccc3[NH+]([O-])O)C(=O)[C@H]12. The molecule has 3 aliphatic carbocycles. The first-order chi connectivity index (χ1) is 17.8. The second kappa shape index (κ2) is 8.09. The van der Waals surface area contributed by atoms with Crippen molar-refractivity contribution >= 4 is 23.2 Å². The van der Waals surface area contributed by atoms with E-state index in [2.05, 4.69) is 77.9 Å². The third-order valence-corrected chi connectivity index (χ3v) is 8.74. The van der Waals surface area contributed by atoms with Crippen LogP contribution in [0, 0.1) is 17.0 Å². The van der Waals surface area contributed by atoms with E-state index in [1.807, 2.05) is 0 Å². The summed E-state index contributed by atoms with van der Waals surface area (Å²) in [6.07, 6.45) is 0. The zero-order valence-corrected chi connectivity index (χ0v) is 22.7. The van der Waals surface area contributed by atoms with E-state index in [1.165, 1.54) is 17.2 Å². The first-order valence-electron chi connectivity index (χ1n) is 13.3. The van der Waals surface area contributed by atoms with E-state index in [0.717, 1.165) is 27.2 Å². The zero-order valence-electron chi connectivity index (χ0n) is 22.7. The molecule has 1 saturated heterocycles. The highest BCUT2D eigenvalue weighted by atomic mass is 16.8. The zero-order chi connectivity index (χ0) is 27.3. The number of carbonyl (C=O) groups excluding carboxylic acids is 2. The number of amides is 2.